The van der Waals surface area contributed by atoms with Gasteiger partial charge in [0.25, 0.3) is 0 Å². The average Bonchev–Trinajstić information content (AvgIpc) is 2.39. The van der Waals surface area contributed by atoms with E-state index in [2.05, 4.69) is 20.9 Å². The Labute approximate surface area is 127 Å². The van der Waals surface area contributed by atoms with Gasteiger partial charge in [-0.3, -0.25) is 0 Å². The summed E-state index contributed by atoms with van der Waals surface area (Å²) < 4.78 is 15.0. The van der Waals surface area contributed by atoms with Gasteiger partial charge in [0.15, 0.2) is 11.5 Å². The second-order valence-corrected chi connectivity index (χ2v) is 5.35. The molecule has 0 aliphatic carbocycles. The average molecular weight is 360 g/mol. The number of pyridine rings is 1. The number of hydrogen-bond acceptors (Lipinski definition) is 3. The van der Waals surface area contributed by atoms with E-state index in [-0.39, 0.29) is 5.69 Å². The van der Waals surface area contributed by atoms with Gasteiger partial charge in [-0.05, 0) is 24.6 Å². The first kappa shape index (κ1) is 14.7. The summed E-state index contributed by atoms with van der Waals surface area (Å²) in [5, 5.41) is 8.62. The summed E-state index contributed by atoms with van der Waals surface area (Å²) in [5.74, 6) is -2.20. The SMILES string of the molecule is Cc1cc(-c2nc(C(=O)O)c(Cl)c(N)c2F)ccc1Br. The Kier molecular flexibility index (Phi) is 3.96. The van der Waals surface area contributed by atoms with Crippen molar-refractivity contribution in [2.24, 2.45) is 0 Å². The third-order valence-corrected chi connectivity index (χ3v) is 4.02. The number of nitrogen functional groups attached to an aromatic ring is 1. The Morgan fingerprint density at radius 3 is 2.70 bits per heavy atom. The molecule has 0 unspecified atom stereocenters. The fraction of sp³-hybridized carbons (Fsp3) is 0.0769. The van der Waals surface area contributed by atoms with Gasteiger partial charge in [0.1, 0.15) is 5.69 Å². The van der Waals surface area contributed by atoms with Gasteiger partial charge >= 0.3 is 5.97 Å². The van der Waals surface area contributed by atoms with Gasteiger partial charge in [-0.1, -0.05) is 33.6 Å². The molecule has 0 fully saturated rings. The normalized spacial score (nSPS) is 10.6. The number of carbonyl (C=O) groups is 1. The number of hydrogen-bond donors (Lipinski definition) is 2. The van der Waals surface area contributed by atoms with E-state index in [1.807, 2.05) is 6.92 Å². The highest BCUT2D eigenvalue weighted by Gasteiger charge is 2.21. The molecule has 104 valence electrons. The minimum absolute atomic E-state index is 0.139. The highest BCUT2D eigenvalue weighted by atomic mass is 79.9. The van der Waals surface area contributed by atoms with E-state index >= 15 is 0 Å². The Morgan fingerprint density at radius 2 is 2.15 bits per heavy atom. The maximum Gasteiger partial charge on any atom is 0.356 e. The van der Waals surface area contributed by atoms with Crippen molar-refractivity contribution < 1.29 is 14.3 Å². The molecule has 0 aliphatic heterocycles. The molecule has 0 aliphatic rings. The van der Waals surface area contributed by atoms with Crippen LogP contribution >= 0.6 is 27.5 Å². The van der Waals surface area contributed by atoms with E-state index in [1.54, 1.807) is 18.2 Å². The molecule has 0 saturated carbocycles. The van der Waals surface area contributed by atoms with E-state index in [1.165, 1.54) is 0 Å². The summed E-state index contributed by atoms with van der Waals surface area (Å²) in [6.07, 6.45) is 0. The summed E-state index contributed by atoms with van der Waals surface area (Å²) in [6.45, 7) is 1.82. The van der Waals surface area contributed by atoms with E-state index in [0.29, 0.717) is 5.56 Å². The van der Waals surface area contributed by atoms with Crippen molar-refractivity contribution in [1.29, 1.82) is 0 Å². The maximum absolute atomic E-state index is 14.1. The summed E-state index contributed by atoms with van der Waals surface area (Å²) in [6, 6.07) is 5.01. The van der Waals surface area contributed by atoms with Crippen molar-refractivity contribution in [2.45, 2.75) is 6.92 Å². The van der Waals surface area contributed by atoms with E-state index < -0.39 is 28.2 Å². The zero-order chi connectivity index (χ0) is 15.0. The fourth-order valence-electron chi connectivity index (χ4n) is 1.69. The minimum atomic E-state index is -1.36. The number of carboxylic acid groups (broad SMARTS) is 1. The number of nitrogens with two attached hydrogens (primary N) is 1. The fourth-order valence-corrected chi connectivity index (χ4v) is 2.14. The molecule has 1 aromatic carbocycles. The number of aromatic nitrogens is 1. The lowest BCUT2D eigenvalue weighted by Gasteiger charge is -2.10. The van der Waals surface area contributed by atoms with Crippen LogP contribution in [0.1, 0.15) is 16.1 Å². The molecular formula is C13H9BrClFN2O2. The molecule has 7 heteroatoms. The number of halogens is 3. The van der Waals surface area contributed by atoms with Crippen molar-refractivity contribution in [1.82, 2.24) is 4.98 Å². The molecule has 20 heavy (non-hydrogen) atoms. The molecule has 3 N–H and O–H groups in total. The third kappa shape index (κ3) is 2.48. The monoisotopic (exact) mass is 358 g/mol. The molecule has 0 radical (unpaired) electrons. The molecule has 2 rings (SSSR count). The predicted octanol–water partition coefficient (Wildman–Crippen LogP) is 3.89. The van der Waals surface area contributed by atoms with Crippen LogP contribution in [0.25, 0.3) is 11.3 Å². The number of anilines is 1. The van der Waals surface area contributed by atoms with Gasteiger partial charge in [-0.2, -0.15) is 0 Å². The smallest absolute Gasteiger partial charge is 0.356 e. The second-order valence-electron chi connectivity index (χ2n) is 4.12. The Morgan fingerprint density at radius 1 is 1.50 bits per heavy atom. The summed E-state index contributed by atoms with van der Waals surface area (Å²) in [5.41, 5.74) is 5.76. The van der Waals surface area contributed by atoms with Gasteiger partial charge in [-0.25, -0.2) is 14.2 Å². The van der Waals surface area contributed by atoms with Gasteiger partial charge in [0.05, 0.1) is 10.7 Å². The number of nitrogens with zero attached hydrogens (tertiary/aromatic N) is 1. The van der Waals surface area contributed by atoms with Gasteiger partial charge < -0.3 is 10.8 Å². The van der Waals surface area contributed by atoms with Crippen LogP contribution in [-0.2, 0) is 0 Å². The van der Waals surface area contributed by atoms with Crippen molar-refractivity contribution in [3.8, 4) is 11.3 Å². The van der Waals surface area contributed by atoms with Crippen LogP contribution in [0.2, 0.25) is 5.02 Å². The lowest BCUT2D eigenvalue weighted by atomic mass is 10.1. The number of benzene rings is 1. The lowest BCUT2D eigenvalue weighted by Crippen LogP contribution is -2.08. The van der Waals surface area contributed by atoms with Gasteiger partial charge in [0.2, 0.25) is 0 Å². The number of rotatable bonds is 2. The molecule has 0 spiro atoms. The molecule has 1 aromatic heterocycles. The number of aromatic carboxylic acids is 1. The molecule has 2 aromatic rings. The molecule has 1 heterocycles. The molecule has 0 amide bonds. The van der Waals surface area contributed by atoms with Crippen molar-refractivity contribution in [3.05, 3.63) is 44.8 Å². The lowest BCUT2D eigenvalue weighted by molar-refractivity contribution is 0.0691. The summed E-state index contributed by atoms with van der Waals surface area (Å²) in [4.78, 5) is 14.8. The first-order valence-electron chi connectivity index (χ1n) is 5.47. The topological polar surface area (TPSA) is 76.2 Å². The molecular weight excluding hydrogens is 351 g/mol. The Balaban J connectivity index is 2.73. The summed E-state index contributed by atoms with van der Waals surface area (Å²) >= 11 is 9.02. The van der Waals surface area contributed by atoms with Crippen LogP contribution in [0, 0.1) is 12.7 Å². The highest BCUT2D eigenvalue weighted by Crippen LogP contribution is 2.33. The van der Waals surface area contributed by atoms with E-state index in [9.17, 15) is 9.18 Å². The van der Waals surface area contributed by atoms with Crippen LogP contribution in [0.3, 0.4) is 0 Å². The first-order valence-corrected chi connectivity index (χ1v) is 6.64. The predicted molar refractivity (Wildman–Crippen MR) is 78.4 cm³/mol. The quantitative estimate of drug-likeness (QED) is 0.853. The van der Waals surface area contributed by atoms with Crippen molar-refractivity contribution >= 4 is 39.2 Å². The number of aryl methyl sites for hydroxylation is 1. The van der Waals surface area contributed by atoms with Crippen molar-refractivity contribution in [2.75, 3.05) is 5.73 Å². The van der Waals surface area contributed by atoms with Crippen LogP contribution in [0.4, 0.5) is 10.1 Å². The van der Waals surface area contributed by atoms with Crippen molar-refractivity contribution in [3.63, 3.8) is 0 Å². The Bertz CT molecular complexity index is 722. The second kappa shape index (κ2) is 5.38. The van der Waals surface area contributed by atoms with Gasteiger partial charge in [0, 0.05) is 10.0 Å². The molecule has 0 saturated heterocycles. The largest absolute Gasteiger partial charge is 0.476 e. The molecule has 0 atom stereocenters. The van der Waals surface area contributed by atoms with E-state index in [4.69, 9.17) is 22.4 Å². The molecule has 0 bridgehead atoms. The van der Waals surface area contributed by atoms with Crippen LogP contribution < -0.4 is 5.73 Å². The highest BCUT2D eigenvalue weighted by molar-refractivity contribution is 9.10. The zero-order valence-corrected chi connectivity index (χ0v) is 12.6. The number of carboxylic acids is 1. The maximum atomic E-state index is 14.1. The molecule has 4 nitrogen and oxygen atoms in total. The summed E-state index contributed by atoms with van der Waals surface area (Å²) in [7, 11) is 0. The standard InChI is InChI=1S/C13H9BrClFN2O2/c1-5-4-6(2-3-7(5)14)11-9(16)10(17)8(15)12(18-11)13(19)20/h2-4H,1H3,(H2,17,18)(H,19,20). The Hall–Kier alpha value is -1.66. The van der Waals surface area contributed by atoms with Crippen LogP contribution in [0.15, 0.2) is 22.7 Å². The minimum Gasteiger partial charge on any atom is -0.476 e. The van der Waals surface area contributed by atoms with Crippen LogP contribution in [-0.4, -0.2) is 16.1 Å². The van der Waals surface area contributed by atoms with Gasteiger partial charge in [-0.15, -0.1) is 0 Å². The van der Waals surface area contributed by atoms with Crippen LogP contribution in [0.5, 0.6) is 0 Å². The third-order valence-electron chi connectivity index (χ3n) is 2.75. The first-order chi connectivity index (χ1) is 9.32. The zero-order valence-electron chi connectivity index (χ0n) is 10.2. The van der Waals surface area contributed by atoms with E-state index in [0.717, 1.165) is 10.0 Å².